The standard InChI is InChI=1S/C14H14BrCl2NO/c1-14(2)10(7-11(16)17)12(14)13(19)18-9-5-3-8(15)4-6-9/h3-7,10,12H,1-2H3,(H,18,19)/t10-,12-/m0/s1. The quantitative estimate of drug-likeness (QED) is 0.807. The Morgan fingerprint density at radius 3 is 2.42 bits per heavy atom. The molecule has 2 atom stereocenters. The van der Waals surface area contributed by atoms with Crippen molar-refractivity contribution < 1.29 is 4.79 Å². The average Bonchev–Trinajstić information content (AvgIpc) is 2.83. The minimum absolute atomic E-state index is 0.00292. The lowest BCUT2D eigenvalue weighted by Crippen LogP contribution is -2.16. The Hall–Kier alpha value is -0.510. The van der Waals surface area contributed by atoms with Gasteiger partial charge in [-0.1, -0.05) is 53.0 Å². The number of carbonyl (C=O) groups excluding carboxylic acids is 1. The lowest BCUT2D eigenvalue weighted by molar-refractivity contribution is -0.118. The molecule has 1 aromatic rings. The highest BCUT2D eigenvalue weighted by molar-refractivity contribution is 9.10. The van der Waals surface area contributed by atoms with Crippen molar-refractivity contribution in [1.29, 1.82) is 0 Å². The summed E-state index contributed by atoms with van der Waals surface area (Å²) in [4.78, 5) is 12.2. The number of hydrogen-bond acceptors (Lipinski definition) is 1. The first-order valence-electron chi connectivity index (χ1n) is 5.91. The molecule has 1 amide bonds. The van der Waals surface area contributed by atoms with Crippen molar-refractivity contribution in [1.82, 2.24) is 0 Å². The average molecular weight is 363 g/mol. The molecule has 0 bridgehead atoms. The van der Waals surface area contributed by atoms with Gasteiger partial charge in [-0.3, -0.25) is 4.79 Å². The van der Waals surface area contributed by atoms with Crippen molar-refractivity contribution in [2.75, 3.05) is 5.32 Å². The molecule has 102 valence electrons. The number of benzene rings is 1. The minimum atomic E-state index is -0.103. The molecular formula is C14H14BrCl2NO. The third-order valence-electron chi connectivity index (χ3n) is 3.61. The molecule has 0 spiro atoms. The van der Waals surface area contributed by atoms with E-state index in [0.717, 1.165) is 10.2 Å². The summed E-state index contributed by atoms with van der Waals surface area (Å²) in [6, 6.07) is 7.49. The third kappa shape index (κ3) is 3.33. The van der Waals surface area contributed by atoms with Crippen LogP contribution in [-0.2, 0) is 4.79 Å². The molecule has 1 aliphatic rings. The fraction of sp³-hybridized carbons (Fsp3) is 0.357. The van der Waals surface area contributed by atoms with Gasteiger partial charge < -0.3 is 5.32 Å². The van der Waals surface area contributed by atoms with Crippen LogP contribution in [0, 0.1) is 17.3 Å². The molecule has 1 aliphatic carbocycles. The van der Waals surface area contributed by atoms with Crippen LogP contribution in [0.25, 0.3) is 0 Å². The van der Waals surface area contributed by atoms with Gasteiger partial charge in [-0.25, -0.2) is 0 Å². The fourth-order valence-electron chi connectivity index (χ4n) is 2.38. The van der Waals surface area contributed by atoms with E-state index in [9.17, 15) is 4.79 Å². The second-order valence-corrected chi connectivity index (χ2v) is 7.20. The van der Waals surface area contributed by atoms with Crippen molar-refractivity contribution in [2.45, 2.75) is 13.8 Å². The van der Waals surface area contributed by atoms with Gasteiger partial charge in [-0.2, -0.15) is 0 Å². The molecule has 0 unspecified atom stereocenters. The molecule has 1 N–H and O–H groups in total. The van der Waals surface area contributed by atoms with E-state index in [0.29, 0.717) is 0 Å². The van der Waals surface area contributed by atoms with Crippen LogP contribution in [0.3, 0.4) is 0 Å². The molecule has 1 fully saturated rings. The Morgan fingerprint density at radius 1 is 1.32 bits per heavy atom. The first-order valence-corrected chi connectivity index (χ1v) is 7.46. The van der Waals surface area contributed by atoms with E-state index in [-0.39, 0.29) is 27.6 Å². The first kappa shape index (κ1) is 14.9. The fourth-order valence-corrected chi connectivity index (χ4v) is 2.91. The Labute approximate surface area is 131 Å². The van der Waals surface area contributed by atoms with Crippen molar-refractivity contribution in [2.24, 2.45) is 17.3 Å². The molecule has 0 radical (unpaired) electrons. The van der Waals surface area contributed by atoms with Crippen LogP contribution in [0.2, 0.25) is 0 Å². The van der Waals surface area contributed by atoms with Gasteiger partial charge >= 0.3 is 0 Å². The molecule has 1 saturated carbocycles. The number of hydrogen-bond donors (Lipinski definition) is 1. The monoisotopic (exact) mass is 361 g/mol. The largest absolute Gasteiger partial charge is 0.326 e. The van der Waals surface area contributed by atoms with E-state index in [1.54, 1.807) is 6.08 Å². The summed E-state index contributed by atoms with van der Waals surface area (Å²) in [5.41, 5.74) is 0.685. The summed E-state index contributed by atoms with van der Waals surface area (Å²) in [6.07, 6.45) is 1.74. The van der Waals surface area contributed by atoms with Crippen molar-refractivity contribution >= 4 is 50.7 Å². The van der Waals surface area contributed by atoms with Crippen molar-refractivity contribution in [3.8, 4) is 0 Å². The van der Waals surface area contributed by atoms with Crippen molar-refractivity contribution in [3.63, 3.8) is 0 Å². The van der Waals surface area contributed by atoms with Gasteiger partial charge in [0.05, 0.1) is 5.92 Å². The molecule has 2 rings (SSSR count). The van der Waals surface area contributed by atoms with E-state index in [1.165, 1.54) is 0 Å². The summed E-state index contributed by atoms with van der Waals surface area (Å²) < 4.78 is 1.20. The molecule has 19 heavy (non-hydrogen) atoms. The molecule has 0 aromatic heterocycles. The molecule has 5 heteroatoms. The lowest BCUT2D eigenvalue weighted by Gasteiger charge is -2.06. The second kappa shape index (κ2) is 5.47. The predicted molar refractivity (Wildman–Crippen MR) is 83.3 cm³/mol. The van der Waals surface area contributed by atoms with E-state index in [1.807, 2.05) is 38.1 Å². The van der Waals surface area contributed by atoms with Gasteiger partial charge in [-0.05, 0) is 41.7 Å². The highest BCUT2D eigenvalue weighted by Crippen LogP contribution is 2.59. The number of nitrogens with one attached hydrogen (secondary N) is 1. The summed E-state index contributed by atoms with van der Waals surface area (Å²) in [5, 5.41) is 2.91. The molecule has 0 heterocycles. The van der Waals surface area contributed by atoms with E-state index in [4.69, 9.17) is 23.2 Å². The number of carbonyl (C=O) groups is 1. The van der Waals surface area contributed by atoms with Crippen LogP contribution in [0.4, 0.5) is 5.69 Å². The van der Waals surface area contributed by atoms with E-state index >= 15 is 0 Å². The Morgan fingerprint density at radius 2 is 1.89 bits per heavy atom. The summed E-state index contributed by atoms with van der Waals surface area (Å²) in [7, 11) is 0. The maximum absolute atomic E-state index is 12.2. The number of halogens is 3. The van der Waals surface area contributed by atoms with Crippen molar-refractivity contribution in [3.05, 3.63) is 39.3 Å². The maximum Gasteiger partial charge on any atom is 0.228 e. The maximum atomic E-state index is 12.2. The number of rotatable bonds is 3. The highest BCUT2D eigenvalue weighted by Gasteiger charge is 2.60. The van der Waals surface area contributed by atoms with Gasteiger partial charge in [-0.15, -0.1) is 0 Å². The number of allylic oxidation sites excluding steroid dienone is 1. The molecule has 0 aliphatic heterocycles. The number of anilines is 1. The van der Waals surface area contributed by atoms with Crippen LogP contribution in [-0.4, -0.2) is 5.91 Å². The summed E-state index contributed by atoms with van der Waals surface area (Å²) >= 11 is 14.7. The van der Waals surface area contributed by atoms with Crippen LogP contribution in [0.1, 0.15) is 13.8 Å². The van der Waals surface area contributed by atoms with Gasteiger partial charge in [0.25, 0.3) is 0 Å². The van der Waals surface area contributed by atoms with Crippen LogP contribution in [0.5, 0.6) is 0 Å². The SMILES string of the molecule is CC1(C)[C@H](C(=O)Nc2ccc(Br)cc2)[C@@H]1C=C(Cl)Cl. The zero-order valence-corrected chi connectivity index (χ0v) is 13.7. The lowest BCUT2D eigenvalue weighted by atomic mass is 10.1. The zero-order chi connectivity index (χ0) is 14.2. The van der Waals surface area contributed by atoms with E-state index in [2.05, 4.69) is 21.2 Å². The molecule has 1 aromatic carbocycles. The van der Waals surface area contributed by atoms with Crippen LogP contribution in [0.15, 0.2) is 39.3 Å². The number of amides is 1. The van der Waals surface area contributed by atoms with Gasteiger partial charge in [0.15, 0.2) is 0 Å². The van der Waals surface area contributed by atoms with E-state index < -0.39 is 0 Å². The zero-order valence-electron chi connectivity index (χ0n) is 10.6. The summed E-state index contributed by atoms with van der Waals surface area (Å²) in [5.74, 6) is -0.000231. The minimum Gasteiger partial charge on any atom is -0.326 e. The molecule has 0 saturated heterocycles. The highest BCUT2D eigenvalue weighted by atomic mass is 79.9. The van der Waals surface area contributed by atoms with Gasteiger partial charge in [0, 0.05) is 10.2 Å². The smallest absolute Gasteiger partial charge is 0.228 e. The summed E-state index contributed by atoms with van der Waals surface area (Å²) in [6.45, 7) is 4.08. The predicted octanol–water partition coefficient (Wildman–Crippen LogP) is 4.98. The third-order valence-corrected chi connectivity index (χ3v) is 4.39. The topological polar surface area (TPSA) is 29.1 Å². The second-order valence-electron chi connectivity index (χ2n) is 5.28. The van der Waals surface area contributed by atoms with Gasteiger partial charge in [0.1, 0.15) is 4.49 Å². The molecular weight excluding hydrogens is 349 g/mol. The van der Waals surface area contributed by atoms with Gasteiger partial charge in [0.2, 0.25) is 5.91 Å². The van der Waals surface area contributed by atoms with Crippen LogP contribution < -0.4 is 5.32 Å². The normalized spacial score (nSPS) is 23.6. The Kier molecular flexibility index (Phi) is 4.29. The Bertz CT molecular complexity index is 521. The van der Waals surface area contributed by atoms with Crippen LogP contribution >= 0.6 is 39.1 Å². The molecule has 2 nitrogen and oxygen atoms in total. The first-order chi connectivity index (χ1) is 8.82. The Balaban J connectivity index is 2.05.